The zero-order valence-corrected chi connectivity index (χ0v) is 6.49. The van der Waals surface area contributed by atoms with Crippen molar-refractivity contribution in [3.63, 3.8) is 0 Å². The number of hydrogen-bond donors (Lipinski definition) is 0. The van der Waals surface area contributed by atoms with E-state index >= 15 is 0 Å². The summed E-state index contributed by atoms with van der Waals surface area (Å²) in [5, 5.41) is 1.77. The minimum atomic E-state index is -1.93. The minimum Gasteiger partial charge on any atom is -0.452 e. The Balaban J connectivity index is 2.67. The molecule has 0 aromatic carbocycles. The van der Waals surface area contributed by atoms with Crippen LogP contribution < -0.4 is 0 Å². The molecule has 0 aromatic rings. The van der Waals surface area contributed by atoms with Gasteiger partial charge < -0.3 is 4.52 Å². The third-order valence-corrected chi connectivity index (χ3v) is 4.66. The number of halogens is 1. The first-order chi connectivity index (χ1) is 3.21. The summed E-state index contributed by atoms with van der Waals surface area (Å²) >= 11 is 11.7. The normalized spacial score (nSPS) is 38.4. The smallest absolute Gasteiger partial charge is 0.258 e. The Bertz CT molecular complexity index is 133. The van der Waals surface area contributed by atoms with Crippen molar-refractivity contribution in [1.29, 1.82) is 0 Å². The summed E-state index contributed by atoms with van der Waals surface area (Å²) in [6, 6.07) is 0. The Morgan fingerprint density at radius 3 is 2.71 bits per heavy atom. The molecule has 1 aliphatic rings. The highest BCUT2D eigenvalue weighted by Gasteiger charge is 2.15. The molecule has 1 atom stereocenters. The summed E-state index contributed by atoms with van der Waals surface area (Å²) in [5.74, 6) is 0. The molecule has 0 spiro atoms. The third-order valence-electron chi connectivity index (χ3n) is 0.429. The van der Waals surface area contributed by atoms with Crippen molar-refractivity contribution in [3.05, 3.63) is 11.7 Å². The van der Waals surface area contributed by atoms with Crippen molar-refractivity contribution in [3.8, 4) is 0 Å². The molecule has 0 aromatic heterocycles. The SMILES string of the molecule is S=P1(Cl)OC=CS1. The van der Waals surface area contributed by atoms with Gasteiger partial charge in [0.25, 0.3) is 4.82 Å². The summed E-state index contributed by atoms with van der Waals surface area (Å²) in [4.78, 5) is -1.93. The molecule has 40 valence electrons. The summed E-state index contributed by atoms with van der Waals surface area (Å²) in [5.41, 5.74) is 0. The van der Waals surface area contributed by atoms with E-state index in [1.807, 2.05) is 0 Å². The van der Waals surface area contributed by atoms with Crippen LogP contribution in [0.4, 0.5) is 0 Å². The molecule has 1 unspecified atom stereocenters. The maximum Gasteiger partial charge on any atom is 0.258 e. The van der Waals surface area contributed by atoms with Gasteiger partial charge in [0.1, 0.15) is 0 Å². The molecule has 7 heavy (non-hydrogen) atoms. The van der Waals surface area contributed by atoms with E-state index in [-0.39, 0.29) is 0 Å². The first-order valence-corrected chi connectivity index (χ1v) is 6.63. The highest BCUT2D eigenvalue weighted by molar-refractivity contribution is 8.77. The second-order valence-corrected chi connectivity index (χ2v) is 9.51. The first kappa shape index (κ1) is 5.96. The van der Waals surface area contributed by atoms with Crippen LogP contribution in [-0.4, -0.2) is 0 Å². The Morgan fingerprint density at radius 2 is 2.57 bits per heavy atom. The first-order valence-electron chi connectivity index (χ1n) is 1.52. The predicted octanol–water partition coefficient (Wildman–Crippen LogP) is 2.68. The van der Waals surface area contributed by atoms with Crippen LogP contribution in [0.25, 0.3) is 0 Å². The Morgan fingerprint density at radius 1 is 1.86 bits per heavy atom. The maximum absolute atomic E-state index is 5.57. The van der Waals surface area contributed by atoms with Gasteiger partial charge in [0, 0.05) is 5.41 Å². The lowest BCUT2D eigenvalue weighted by Gasteiger charge is -1.99. The highest BCUT2D eigenvalue weighted by Crippen LogP contribution is 2.68. The average Bonchev–Trinajstić information content (AvgIpc) is 1.84. The second-order valence-electron chi connectivity index (χ2n) is 0.914. The Kier molecular flexibility index (Phi) is 1.68. The topological polar surface area (TPSA) is 9.23 Å². The summed E-state index contributed by atoms with van der Waals surface area (Å²) < 4.78 is 4.81. The standard InChI is InChI=1S/C2H2ClOPS2/c3-5(6)4-1-2-7-5/h1-2H. The van der Waals surface area contributed by atoms with E-state index < -0.39 is 4.82 Å². The molecule has 0 saturated heterocycles. The fourth-order valence-electron chi connectivity index (χ4n) is 0.220. The van der Waals surface area contributed by atoms with E-state index in [4.69, 9.17) is 27.6 Å². The van der Waals surface area contributed by atoms with Crippen molar-refractivity contribution in [1.82, 2.24) is 0 Å². The van der Waals surface area contributed by atoms with Gasteiger partial charge in [0.2, 0.25) is 0 Å². The Labute approximate surface area is 55.7 Å². The lowest BCUT2D eigenvalue weighted by atomic mass is 11.2. The van der Waals surface area contributed by atoms with Gasteiger partial charge in [-0.3, -0.25) is 0 Å². The van der Waals surface area contributed by atoms with Gasteiger partial charge in [-0.05, 0) is 34.4 Å². The molecule has 1 heterocycles. The van der Waals surface area contributed by atoms with Crippen LogP contribution in [-0.2, 0) is 16.3 Å². The van der Waals surface area contributed by atoms with Gasteiger partial charge in [-0.15, -0.1) is 0 Å². The van der Waals surface area contributed by atoms with Crippen LogP contribution >= 0.6 is 27.4 Å². The third kappa shape index (κ3) is 1.65. The van der Waals surface area contributed by atoms with E-state index in [1.165, 1.54) is 11.4 Å². The van der Waals surface area contributed by atoms with E-state index in [0.29, 0.717) is 0 Å². The minimum absolute atomic E-state index is 1.39. The average molecular weight is 173 g/mol. The fourth-order valence-corrected chi connectivity index (χ4v) is 2.84. The molecule has 0 N–H and O–H groups in total. The van der Waals surface area contributed by atoms with Crippen LogP contribution in [0.15, 0.2) is 11.7 Å². The molecule has 0 radical (unpaired) electrons. The van der Waals surface area contributed by atoms with Gasteiger partial charge in [-0.2, -0.15) is 0 Å². The molecular weight excluding hydrogens is 171 g/mol. The van der Waals surface area contributed by atoms with Gasteiger partial charge in [0.15, 0.2) is 0 Å². The van der Waals surface area contributed by atoms with Crippen molar-refractivity contribution in [2.45, 2.75) is 0 Å². The zero-order chi connectivity index (χ0) is 5.33. The quantitative estimate of drug-likeness (QED) is 0.520. The molecule has 0 aliphatic carbocycles. The lowest BCUT2D eigenvalue weighted by molar-refractivity contribution is 0.561. The summed E-state index contributed by atoms with van der Waals surface area (Å²) in [6.45, 7) is 0. The van der Waals surface area contributed by atoms with E-state index in [1.54, 1.807) is 11.7 Å². The molecule has 1 aliphatic heterocycles. The van der Waals surface area contributed by atoms with Gasteiger partial charge in [-0.25, -0.2) is 0 Å². The largest absolute Gasteiger partial charge is 0.452 e. The van der Waals surface area contributed by atoms with Crippen LogP contribution in [0, 0.1) is 0 Å². The van der Waals surface area contributed by atoms with Gasteiger partial charge in [0.05, 0.1) is 6.26 Å². The van der Waals surface area contributed by atoms with Crippen LogP contribution in [0.3, 0.4) is 0 Å². The fraction of sp³-hybridized carbons (Fsp3) is 0. The van der Waals surface area contributed by atoms with E-state index in [2.05, 4.69) is 0 Å². The monoisotopic (exact) mass is 172 g/mol. The van der Waals surface area contributed by atoms with Crippen molar-refractivity contribution in [2.24, 2.45) is 0 Å². The molecule has 5 heteroatoms. The number of hydrogen-bond acceptors (Lipinski definition) is 3. The molecule has 0 amide bonds. The molecule has 1 nitrogen and oxygen atoms in total. The maximum atomic E-state index is 5.57. The summed E-state index contributed by atoms with van der Waals surface area (Å²) in [7, 11) is 0. The van der Waals surface area contributed by atoms with Crippen LogP contribution in [0.2, 0.25) is 0 Å². The van der Waals surface area contributed by atoms with E-state index in [0.717, 1.165) is 0 Å². The van der Waals surface area contributed by atoms with Gasteiger partial charge >= 0.3 is 0 Å². The zero-order valence-electron chi connectivity index (χ0n) is 3.20. The van der Waals surface area contributed by atoms with Crippen LogP contribution in [0.1, 0.15) is 0 Å². The second kappa shape index (κ2) is 1.98. The Hall–Kier alpha value is 0.830. The number of rotatable bonds is 0. The summed E-state index contributed by atoms with van der Waals surface area (Å²) in [6.07, 6.45) is 1.54. The molecule has 0 fully saturated rings. The van der Waals surface area contributed by atoms with Crippen molar-refractivity contribution < 1.29 is 4.52 Å². The lowest BCUT2D eigenvalue weighted by Crippen LogP contribution is -1.53. The molecule has 0 bridgehead atoms. The van der Waals surface area contributed by atoms with E-state index in [9.17, 15) is 0 Å². The molecular formula is C2H2ClOPS2. The predicted molar refractivity (Wildman–Crippen MR) is 38.0 cm³/mol. The molecule has 1 rings (SSSR count). The van der Waals surface area contributed by atoms with Gasteiger partial charge in [-0.1, -0.05) is 0 Å². The van der Waals surface area contributed by atoms with Crippen molar-refractivity contribution >= 4 is 39.2 Å². The van der Waals surface area contributed by atoms with Crippen molar-refractivity contribution in [2.75, 3.05) is 0 Å². The van der Waals surface area contributed by atoms with Crippen LogP contribution in [0.5, 0.6) is 0 Å². The highest BCUT2D eigenvalue weighted by atomic mass is 35.7. The molecule has 0 saturated carbocycles.